The van der Waals surface area contributed by atoms with E-state index in [4.69, 9.17) is 0 Å². The minimum absolute atomic E-state index is 0.756. The molecular formula is C16H34N2. The molecule has 1 aliphatic heterocycles. The molecule has 0 saturated carbocycles. The Labute approximate surface area is 115 Å². The van der Waals surface area contributed by atoms with E-state index in [1.165, 1.54) is 45.4 Å². The predicted octanol–water partition coefficient (Wildman–Crippen LogP) is 3.38. The molecule has 0 aromatic heterocycles. The van der Waals surface area contributed by atoms with Crippen molar-refractivity contribution in [3.05, 3.63) is 0 Å². The van der Waals surface area contributed by atoms with E-state index in [-0.39, 0.29) is 0 Å². The van der Waals surface area contributed by atoms with E-state index >= 15 is 0 Å². The van der Waals surface area contributed by atoms with Gasteiger partial charge in [-0.2, -0.15) is 0 Å². The third-order valence-electron chi connectivity index (χ3n) is 4.10. The van der Waals surface area contributed by atoms with Crippen molar-refractivity contribution in [3.8, 4) is 0 Å². The lowest BCUT2D eigenvalue weighted by atomic mass is 9.99. The van der Waals surface area contributed by atoms with Crippen molar-refractivity contribution in [1.29, 1.82) is 0 Å². The van der Waals surface area contributed by atoms with Crippen LogP contribution in [0.2, 0.25) is 0 Å². The lowest BCUT2D eigenvalue weighted by Gasteiger charge is -2.36. The highest BCUT2D eigenvalue weighted by atomic mass is 15.2. The molecule has 0 bridgehead atoms. The second-order valence-corrected chi connectivity index (χ2v) is 7.00. The Bertz CT molecular complexity index is 203. The Kier molecular flexibility index (Phi) is 7.25. The summed E-state index contributed by atoms with van der Waals surface area (Å²) in [7, 11) is 0. The lowest BCUT2D eigenvalue weighted by molar-refractivity contribution is 0.133. The monoisotopic (exact) mass is 254 g/mol. The zero-order chi connectivity index (χ0) is 13.5. The molecule has 0 amide bonds. The van der Waals surface area contributed by atoms with Gasteiger partial charge in [0.25, 0.3) is 0 Å². The molecular weight excluding hydrogens is 220 g/mol. The first-order chi connectivity index (χ1) is 8.49. The molecule has 0 aromatic carbocycles. The van der Waals surface area contributed by atoms with Crippen LogP contribution in [-0.2, 0) is 0 Å². The lowest BCUT2D eigenvalue weighted by Crippen LogP contribution is -2.46. The minimum atomic E-state index is 0.756. The van der Waals surface area contributed by atoms with Crippen molar-refractivity contribution in [1.82, 2.24) is 10.2 Å². The highest BCUT2D eigenvalue weighted by Gasteiger charge is 2.21. The first-order valence-corrected chi connectivity index (χ1v) is 7.93. The van der Waals surface area contributed by atoms with Crippen LogP contribution in [0.25, 0.3) is 0 Å². The molecule has 3 atom stereocenters. The summed E-state index contributed by atoms with van der Waals surface area (Å²) >= 11 is 0. The average Bonchev–Trinajstić information content (AvgIpc) is 2.25. The fraction of sp³-hybridized carbons (Fsp3) is 1.00. The van der Waals surface area contributed by atoms with Crippen molar-refractivity contribution in [2.45, 2.75) is 59.9 Å². The largest absolute Gasteiger partial charge is 0.316 e. The standard InChI is InChI=1S/C16H34N2/c1-13(2)7-6-8-16(5)18-11-14(3)9-17-10-15(4)12-18/h13-17H,6-12H2,1-5H3. The van der Waals surface area contributed by atoms with Crippen LogP contribution in [0.3, 0.4) is 0 Å². The quantitative estimate of drug-likeness (QED) is 0.809. The molecule has 0 spiro atoms. The van der Waals surface area contributed by atoms with Gasteiger partial charge in [-0.05, 0) is 44.2 Å². The van der Waals surface area contributed by atoms with E-state index in [9.17, 15) is 0 Å². The van der Waals surface area contributed by atoms with Gasteiger partial charge in [0.15, 0.2) is 0 Å². The van der Waals surface area contributed by atoms with Crippen molar-refractivity contribution in [2.75, 3.05) is 26.2 Å². The van der Waals surface area contributed by atoms with Gasteiger partial charge in [-0.15, -0.1) is 0 Å². The summed E-state index contributed by atoms with van der Waals surface area (Å²) in [5.41, 5.74) is 0. The Morgan fingerprint density at radius 2 is 1.56 bits per heavy atom. The third-order valence-corrected chi connectivity index (χ3v) is 4.10. The summed E-state index contributed by atoms with van der Waals surface area (Å²) in [4.78, 5) is 2.73. The van der Waals surface area contributed by atoms with Gasteiger partial charge in [-0.25, -0.2) is 0 Å². The van der Waals surface area contributed by atoms with Crippen LogP contribution < -0.4 is 5.32 Å². The molecule has 1 rings (SSSR count). The molecule has 1 N–H and O–H groups in total. The Balaban J connectivity index is 2.38. The highest BCUT2D eigenvalue weighted by molar-refractivity contribution is 4.77. The van der Waals surface area contributed by atoms with Crippen LogP contribution in [-0.4, -0.2) is 37.1 Å². The van der Waals surface area contributed by atoms with Crippen molar-refractivity contribution in [3.63, 3.8) is 0 Å². The smallest absolute Gasteiger partial charge is 0.00671 e. The number of hydrogen-bond donors (Lipinski definition) is 1. The summed E-state index contributed by atoms with van der Waals surface area (Å²) in [6.45, 7) is 16.7. The van der Waals surface area contributed by atoms with Crippen LogP contribution in [0.1, 0.15) is 53.9 Å². The minimum Gasteiger partial charge on any atom is -0.316 e. The SMILES string of the molecule is CC(C)CCCC(C)N1CC(C)CNCC(C)C1. The molecule has 3 unspecified atom stereocenters. The van der Waals surface area contributed by atoms with Gasteiger partial charge in [-0.3, -0.25) is 0 Å². The molecule has 2 heteroatoms. The normalized spacial score (nSPS) is 29.0. The van der Waals surface area contributed by atoms with E-state index in [0.717, 1.165) is 23.8 Å². The van der Waals surface area contributed by atoms with E-state index < -0.39 is 0 Å². The Morgan fingerprint density at radius 3 is 2.06 bits per heavy atom. The van der Waals surface area contributed by atoms with E-state index in [0.29, 0.717) is 0 Å². The second-order valence-electron chi connectivity index (χ2n) is 7.00. The zero-order valence-electron chi connectivity index (χ0n) is 13.2. The summed E-state index contributed by atoms with van der Waals surface area (Å²) < 4.78 is 0. The Hall–Kier alpha value is -0.0800. The van der Waals surface area contributed by atoms with Crippen LogP contribution in [0.5, 0.6) is 0 Å². The Morgan fingerprint density at radius 1 is 1.00 bits per heavy atom. The van der Waals surface area contributed by atoms with Crippen LogP contribution in [0.4, 0.5) is 0 Å². The van der Waals surface area contributed by atoms with Crippen LogP contribution in [0.15, 0.2) is 0 Å². The van der Waals surface area contributed by atoms with E-state index in [2.05, 4.69) is 44.8 Å². The first kappa shape index (κ1) is 16.0. The fourth-order valence-corrected chi connectivity index (χ4v) is 2.94. The summed E-state index contributed by atoms with van der Waals surface area (Å²) in [6.07, 6.45) is 4.13. The topological polar surface area (TPSA) is 15.3 Å². The first-order valence-electron chi connectivity index (χ1n) is 7.93. The molecule has 0 aliphatic carbocycles. The predicted molar refractivity (Wildman–Crippen MR) is 80.9 cm³/mol. The van der Waals surface area contributed by atoms with Gasteiger partial charge in [0.2, 0.25) is 0 Å². The van der Waals surface area contributed by atoms with Gasteiger partial charge in [0.1, 0.15) is 0 Å². The van der Waals surface area contributed by atoms with E-state index in [1.807, 2.05) is 0 Å². The van der Waals surface area contributed by atoms with Crippen molar-refractivity contribution in [2.24, 2.45) is 17.8 Å². The van der Waals surface area contributed by atoms with Gasteiger partial charge < -0.3 is 10.2 Å². The number of rotatable bonds is 5. The van der Waals surface area contributed by atoms with Crippen LogP contribution >= 0.6 is 0 Å². The molecule has 18 heavy (non-hydrogen) atoms. The van der Waals surface area contributed by atoms with Gasteiger partial charge in [-0.1, -0.05) is 40.5 Å². The van der Waals surface area contributed by atoms with Crippen molar-refractivity contribution >= 4 is 0 Å². The van der Waals surface area contributed by atoms with Gasteiger partial charge in [0, 0.05) is 19.1 Å². The molecule has 1 fully saturated rings. The van der Waals surface area contributed by atoms with Crippen molar-refractivity contribution < 1.29 is 0 Å². The maximum Gasteiger partial charge on any atom is 0.00671 e. The molecule has 0 aromatic rings. The third kappa shape index (κ3) is 6.19. The van der Waals surface area contributed by atoms with Gasteiger partial charge >= 0.3 is 0 Å². The summed E-state index contributed by atoms with van der Waals surface area (Å²) in [5.74, 6) is 2.42. The average molecular weight is 254 g/mol. The molecule has 1 heterocycles. The zero-order valence-corrected chi connectivity index (χ0v) is 13.2. The van der Waals surface area contributed by atoms with E-state index in [1.54, 1.807) is 0 Å². The number of hydrogen-bond acceptors (Lipinski definition) is 2. The molecule has 1 aliphatic rings. The van der Waals surface area contributed by atoms with Crippen LogP contribution in [0, 0.1) is 17.8 Å². The number of nitrogens with zero attached hydrogens (tertiary/aromatic N) is 1. The molecule has 0 radical (unpaired) electrons. The number of nitrogens with one attached hydrogen (secondary N) is 1. The maximum atomic E-state index is 3.58. The highest BCUT2D eigenvalue weighted by Crippen LogP contribution is 2.16. The fourth-order valence-electron chi connectivity index (χ4n) is 2.94. The molecule has 108 valence electrons. The molecule has 1 saturated heterocycles. The summed E-state index contributed by atoms with van der Waals surface area (Å²) in [5, 5.41) is 3.58. The second kappa shape index (κ2) is 8.16. The maximum absolute atomic E-state index is 3.58. The molecule has 2 nitrogen and oxygen atoms in total. The summed E-state index contributed by atoms with van der Waals surface area (Å²) in [6, 6.07) is 0.756. The van der Waals surface area contributed by atoms with Gasteiger partial charge in [0.05, 0.1) is 0 Å².